The Balaban J connectivity index is 1.56. The van der Waals surface area contributed by atoms with Gasteiger partial charge in [0.1, 0.15) is 6.26 Å². The normalized spacial score (nSPS) is 16.6. The zero-order valence-corrected chi connectivity index (χ0v) is 14.3. The van der Waals surface area contributed by atoms with Gasteiger partial charge in [-0.15, -0.1) is 0 Å². The third-order valence-electron chi connectivity index (χ3n) is 4.17. The summed E-state index contributed by atoms with van der Waals surface area (Å²) in [6.07, 6.45) is 2.17. The standard InChI is InChI=1S/C18H19N3O5/c1-2-12-5-3-4-6-14(12)21-10-13(9-17(21)23)18(24)25-11-16(22)19-15-7-8-26-20-15/h3-8,13H,2,9-11H2,1H3,(H,19,20,22). The second-order valence-electron chi connectivity index (χ2n) is 5.93. The van der Waals surface area contributed by atoms with Crippen LogP contribution in [0.3, 0.4) is 0 Å². The molecule has 1 N–H and O–H groups in total. The van der Waals surface area contributed by atoms with Crippen molar-refractivity contribution >= 4 is 29.3 Å². The van der Waals surface area contributed by atoms with Crippen LogP contribution < -0.4 is 10.2 Å². The van der Waals surface area contributed by atoms with Gasteiger partial charge in [-0.1, -0.05) is 30.3 Å². The van der Waals surface area contributed by atoms with E-state index < -0.39 is 24.4 Å². The first kappa shape index (κ1) is 17.7. The molecule has 1 aromatic carbocycles. The highest BCUT2D eigenvalue weighted by Gasteiger charge is 2.37. The third kappa shape index (κ3) is 3.90. The number of aromatic nitrogens is 1. The Morgan fingerprint density at radius 2 is 2.15 bits per heavy atom. The summed E-state index contributed by atoms with van der Waals surface area (Å²) in [5.41, 5.74) is 1.86. The number of hydrogen-bond acceptors (Lipinski definition) is 6. The van der Waals surface area contributed by atoms with Crippen molar-refractivity contribution in [3.63, 3.8) is 0 Å². The molecule has 8 heteroatoms. The van der Waals surface area contributed by atoms with Crippen molar-refractivity contribution in [1.82, 2.24) is 5.16 Å². The number of carbonyl (C=O) groups is 3. The third-order valence-corrected chi connectivity index (χ3v) is 4.17. The summed E-state index contributed by atoms with van der Waals surface area (Å²) in [6, 6.07) is 9.08. The lowest BCUT2D eigenvalue weighted by Gasteiger charge is -2.19. The van der Waals surface area contributed by atoms with Crippen molar-refractivity contribution in [2.45, 2.75) is 19.8 Å². The quantitative estimate of drug-likeness (QED) is 0.791. The van der Waals surface area contributed by atoms with Crippen LogP contribution in [0.5, 0.6) is 0 Å². The minimum Gasteiger partial charge on any atom is -0.455 e. The number of nitrogens with zero attached hydrogens (tertiary/aromatic N) is 2. The summed E-state index contributed by atoms with van der Waals surface area (Å²) in [7, 11) is 0. The van der Waals surface area contributed by atoms with Gasteiger partial charge in [0, 0.05) is 24.7 Å². The van der Waals surface area contributed by atoms with Crippen LogP contribution in [0, 0.1) is 5.92 Å². The molecule has 8 nitrogen and oxygen atoms in total. The number of para-hydroxylation sites is 1. The van der Waals surface area contributed by atoms with Crippen molar-refractivity contribution in [2.24, 2.45) is 5.92 Å². The van der Waals surface area contributed by atoms with Gasteiger partial charge in [0.25, 0.3) is 5.91 Å². The summed E-state index contributed by atoms with van der Waals surface area (Å²) in [6.45, 7) is 1.82. The Morgan fingerprint density at radius 3 is 2.88 bits per heavy atom. The first-order valence-corrected chi connectivity index (χ1v) is 8.33. The highest BCUT2D eigenvalue weighted by Crippen LogP contribution is 2.29. The molecule has 0 radical (unpaired) electrons. The van der Waals surface area contributed by atoms with Gasteiger partial charge in [0.2, 0.25) is 5.91 Å². The topological polar surface area (TPSA) is 102 Å². The van der Waals surface area contributed by atoms with Gasteiger partial charge in [0.15, 0.2) is 12.4 Å². The molecule has 0 spiro atoms. The predicted molar refractivity (Wildman–Crippen MR) is 92.4 cm³/mol. The maximum atomic E-state index is 12.3. The second kappa shape index (κ2) is 7.81. The van der Waals surface area contributed by atoms with E-state index in [9.17, 15) is 14.4 Å². The number of nitrogens with one attached hydrogen (secondary N) is 1. The Morgan fingerprint density at radius 1 is 1.35 bits per heavy atom. The molecule has 0 aliphatic carbocycles. The van der Waals surface area contributed by atoms with Crippen LogP contribution in [0.4, 0.5) is 11.5 Å². The molecule has 1 aliphatic heterocycles. The highest BCUT2D eigenvalue weighted by atomic mass is 16.5. The van der Waals surface area contributed by atoms with Gasteiger partial charge in [-0.3, -0.25) is 14.4 Å². The fourth-order valence-corrected chi connectivity index (χ4v) is 2.88. The van der Waals surface area contributed by atoms with Gasteiger partial charge in [-0.2, -0.15) is 0 Å². The van der Waals surface area contributed by atoms with Crippen molar-refractivity contribution in [2.75, 3.05) is 23.4 Å². The molecule has 1 aliphatic rings. The molecule has 2 aromatic rings. The number of anilines is 2. The molecule has 0 saturated carbocycles. The van der Waals surface area contributed by atoms with Gasteiger partial charge in [-0.05, 0) is 18.1 Å². The van der Waals surface area contributed by atoms with Gasteiger partial charge >= 0.3 is 5.97 Å². The van der Waals surface area contributed by atoms with E-state index in [0.717, 1.165) is 17.7 Å². The fourth-order valence-electron chi connectivity index (χ4n) is 2.88. The van der Waals surface area contributed by atoms with Gasteiger partial charge < -0.3 is 19.5 Å². The van der Waals surface area contributed by atoms with E-state index in [2.05, 4.69) is 15.0 Å². The molecule has 26 heavy (non-hydrogen) atoms. The number of hydrogen-bond donors (Lipinski definition) is 1. The van der Waals surface area contributed by atoms with Crippen LogP contribution >= 0.6 is 0 Å². The average Bonchev–Trinajstić information content (AvgIpc) is 3.29. The SMILES string of the molecule is CCc1ccccc1N1CC(C(=O)OCC(=O)Nc2ccon2)CC1=O. The van der Waals surface area contributed by atoms with E-state index in [4.69, 9.17) is 4.74 Å². The molecule has 1 aromatic heterocycles. The van der Waals surface area contributed by atoms with Crippen molar-refractivity contribution in [3.05, 3.63) is 42.2 Å². The molecule has 1 unspecified atom stereocenters. The van der Waals surface area contributed by atoms with E-state index in [1.165, 1.54) is 12.3 Å². The summed E-state index contributed by atoms with van der Waals surface area (Å²) in [5, 5.41) is 5.96. The molecule has 3 rings (SSSR count). The Bertz CT molecular complexity index is 803. The summed E-state index contributed by atoms with van der Waals surface area (Å²) >= 11 is 0. The molecule has 2 heterocycles. The lowest BCUT2D eigenvalue weighted by Crippen LogP contribution is -2.28. The Hall–Kier alpha value is -3.16. The van der Waals surface area contributed by atoms with Crippen LogP contribution in [-0.4, -0.2) is 36.1 Å². The van der Waals surface area contributed by atoms with Gasteiger partial charge in [0.05, 0.1) is 5.92 Å². The monoisotopic (exact) mass is 357 g/mol. The number of ether oxygens (including phenoxy) is 1. The zero-order chi connectivity index (χ0) is 18.5. The molecule has 136 valence electrons. The second-order valence-corrected chi connectivity index (χ2v) is 5.93. The molecule has 1 atom stereocenters. The number of carbonyl (C=O) groups excluding carboxylic acids is 3. The van der Waals surface area contributed by atoms with Crippen LogP contribution in [0.2, 0.25) is 0 Å². The lowest BCUT2D eigenvalue weighted by molar-refractivity contribution is -0.151. The van der Waals surface area contributed by atoms with Crippen LogP contribution in [0.15, 0.2) is 41.1 Å². The van der Waals surface area contributed by atoms with Crippen LogP contribution in [0.25, 0.3) is 0 Å². The summed E-state index contributed by atoms with van der Waals surface area (Å²) < 4.78 is 9.63. The molecular formula is C18H19N3O5. The van der Waals surface area contributed by atoms with Crippen molar-refractivity contribution in [3.8, 4) is 0 Å². The zero-order valence-electron chi connectivity index (χ0n) is 14.3. The highest BCUT2D eigenvalue weighted by molar-refractivity contribution is 6.00. The fraction of sp³-hybridized carbons (Fsp3) is 0.333. The smallest absolute Gasteiger partial charge is 0.311 e. The van der Waals surface area contributed by atoms with E-state index >= 15 is 0 Å². The number of rotatable bonds is 6. The minimum absolute atomic E-state index is 0.0712. The number of amides is 2. The molecule has 2 amide bonds. The maximum Gasteiger partial charge on any atom is 0.311 e. The Labute approximate surface area is 150 Å². The van der Waals surface area contributed by atoms with Gasteiger partial charge in [-0.25, -0.2) is 0 Å². The number of benzene rings is 1. The lowest BCUT2D eigenvalue weighted by atomic mass is 10.1. The first-order chi connectivity index (χ1) is 12.6. The van der Waals surface area contributed by atoms with Crippen molar-refractivity contribution in [1.29, 1.82) is 0 Å². The van der Waals surface area contributed by atoms with Crippen LogP contribution in [-0.2, 0) is 25.5 Å². The molecule has 0 bridgehead atoms. The number of esters is 1. The minimum atomic E-state index is -0.590. The molecule has 1 fully saturated rings. The van der Waals surface area contributed by atoms with E-state index in [0.29, 0.717) is 0 Å². The van der Waals surface area contributed by atoms with Crippen LogP contribution in [0.1, 0.15) is 18.9 Å². The first-order valence-electron chi connectivity index (χ1n) is 8.33. The van der Waals surface area contributed by atoms with Crippen molar-refractivity contribution < 1.29 is 23.6 Å². The van der Waals surface area contributed by atoms with E-state index in [1.54, 1.807) is 4.90 Å². The summed E-state index contributed by atoms with van der Waals surface area (Å²) in [4.78, 5) is 37.9. The molecular weight excluding hydrogens is 338 g/mol. The summed E-state index contributed by atoms with van der Waals surface area (Å²) in [5.74, 6) is -1.56. The number of aryl methyl sites for hydroxylation is 1. The maximum absolute atomic E-state index is 12.3. The average molecular weight is 357 g/mol. The molecule has 1 saturated heterocycles. The van der Waals surface area contributed by atoms with E-state index in [-0.39, 0.29) is 24.7 Å². The predicted octanol–water partition coefficient (Wildman–Crippen LogP) is 1.77. The Kier molecular flexibility index (Phi) is 5.31. The largest absolute Gasteiger partial charge is 0.455 e. The van der Waals surface area contributed by atoms with E-state index in [1.807, 2.05) is 31.2 Å².